The molecule has 6 heteroatoms. The Bertz CT molecular complexity index is 399. The Kier molecular flexibility index (Phi) is 2.69. The van der Waals surface area contributed by atoms with Crippen LogP contribution in [0.1, 0.15) is 0 Å². The van der Waals surface area contributed by atoms with E-state index in [9.17, 15) is 10.1 Å². The third-order valence-electron chi connectivity index (χ3n) is 1.39. The van der Waals surface area contributed by atoms with Crippen molar-refractivity contribution in [3.8, 4) is 0 Å². The summed E-state index contributed by atoms with van der Waals surface area (Å²) in [7, 11) is 0. The maximum Gasteiger partial charge on any atom is 0.294 e. The number of hydrogen-bond donors (Lipinski definition) is 1. The van der Waals surface area contributed by atoms with Crippen LogP contribution in [0, 0.1) is 10.1 Å². The Balaban J connectivity index is 3.26. The van der Waals surface area contributed by atoms with Gasteiger partial charge in [-0.05, 0) is 24.4 Å². The molecule has 0 spiro atoms. The van der Waals surface area contributed by atoms with Crippen LogP contribution < -0.4 is 5.73 Å². The molecule has 0 heterocycles. The molecule has 0 amide bonds. The fourth-order valence-electron chi connectivity index (χ4n) is 0.812. The number of anilines is 1. The lowest BCUT2D eigenvalue weighted by Crippen LogP contribution is -1.94. The van der Waals surface area contributed by atoms with Crippen molar-refractivity contribution in [2.75, 3.05) is 5.73 Å². The van der Waals surface area contributed by atoms with Crippen molar-refractivity contribution in [1.29, 1.82) is 0 Å². The van der Waals surface area contributed by atoms with Crippen LogP contribution in [-0.4, -0.2) is 10.1 Å². The lowest BCUT2D eigenvalue weighted by Gasteiger charge is -1.96. The molecule has 1 aromatic rings. The number of rotatable bonds is 2. The van der Waals surface area contributed by atoms with Crippen molar-refractivity contribution in [1.82, 2.24) is 0 Å². The number of hydrogen-bond acceptors (Lipinski definition) is 5. The zero-order chi connectivity index (χ0) is 9.84. The van der Waals surface area contributed by atoms with E-state index in [4.69, 9.17) is 5.73 Å². The first-order valence-corrected chi connectivity index (χ1v) is 3.68. The molecule has 0 aliphatic carbocycles. The first kappa shape index (κ1) is 9.31. The number of isothiocyanates is 1. The molecule has 0 fully saturated rings. The highest BCUT2D eigenvalue weighted by Gasteiger charge is 2.10. The van der Waals surface area contributed by atoms with Gasteiger partial charge in [-0.15, -0.1) is 0 Å². The average Bonchev–Trinajstić information content (AvgIpc) is 2.08. The fourth-order valence-corrected chi connectivity index (χ4v) is 0.918. The van der Waals surface area contributed by atoms with Crippen molar-refractivity contribution in [3.05, 3.63) is 28.3 Å². The van der Waals surface area contributed by atoms with Gasteiger partial charge in [0.2, 0.25) is 0 Å². The van der Waals surface area contributed by atoms with Crippen molar-refractivity contribution in [2.24, 2.45) is 4.99 Å². The maximum absolute atomic E-state index is 10.4. The van der Waals surface area contributed by atoms with Gasteiger partial charge in [0.05, 0.1) is 15.8 Å². The molecule has 0 aliphatic heterocycles. The van der Waals surface area contributed by atoms with E-state index in [0.29, 0.717) is 5.69 Å². The highest BCUT2D eigenvalue weighted by atomic mass is 32.1. The van der Waals surface area contributed by atoms with Crippen molar-refractivity contribution < 1.29 is 4.92 Å². The topological polar surface area (TPSA) is 81.5 Å². The molecular formula is C7H5N3O2S. The summed E-state index contributed by atoms with van der Waals surface area (Å²) in [6, 6.07) is 4.18. The van der Waals surface area contributed by atoms with E-state index in [1.54, 1.807) is 0 Å². The minimum absolute atomic E-state index is 0.105. The maximum atomic E-state index is 10.4. The van der Waals surface area contributed by atoms with Crippen molar-refractivity contribution in [3.63, 3.8) is 0 Å². The highest BCUT2D eigenvalue weighted by molar-refractivity contribution is 7.78. The first-order valence-electron chi connectivity index (χ1n) is 3.27. The second kappa shape index (κ2) is 3.75. The van der Waals surface area contributed by atoms with Gasteiger partial charge in [-0.2, -0.15) is 4.99 Å². The molecule has 0 bridgehead atoms. The molecule has 13 heavy (non-hydrogen) atoms. The number of nitrogens with two attached hydrogens (primary N) is 1. The molecule has 1 aromatic carbocycles. The van der Waals surface area contributed by atoms with Crippen LogP contribution in [-0.2, 0) is 0 Å². The van der Waals surface area contributed by atoms with Gasteiger partial charge in [-0.1, -0.05) is 0 Å². The summed E-state index contributed by atoms with van der Waals surface area (Å²) in [5, 5.41) is 12.5. The number of nitrogens with zero attached hydrogens (tertiary/aromatic N) is 2. The molecular weight excluding hydrogens is 190 g/mol. The Morgan fingerprint density at radius 1 is 1.62 bits per heavy atom. The predicted molar refractivity (Wildman–Crippen MR) is 52.2 cm³/mol. The SMILES string of the molecule is Nc1ccc(N=C=S)cc1[N+](=O)[O-]. The van der Waals surface area contributed by atoms with Crippen LogP contribution in [0.5, 0.6) is 0 Å². The van der Waals surface area contributed by atoms with Crippen LogP contribution in [0.3, 0.4) is 0 Å². The number of nitrogen functional groups attached to an aromatic ring is 1. The standard InChI is InChI=1S/C7H5N3O2S/c8-6-2-1-5(9-4-13)3-7(6)10(11)12/h1-3H,8H2. The molecule has 0 saturated heterocycles. The smallest absolute Gasteiger partial charge is 0.294 e. The lowest BCUT2D eigenvalue weighted by atomic mass is 10.2. The van der Waals surface area contributed by atoms with E-state index in [2.05, 4.69) is 22.4 Å². The highest BCUT2D eigenvalue weighted by Crippen LogP contribution is 2.26. The number of nitro benzene ring substituents is 1. The van der Waals surface area contributed by atoms with E-state index < -0.39 is 4.92 Å². The summed E-state index contributed by atoms with van der Waals surface area (Å²) in [6.45, 7) is 0. The summed E-state index contributed by atoms with van der Waals surface area (Å²) in [5.74, 6) is 0. The Morgan fingerprint density at radius 3 is 2.85 bits per heavy atom. The van der Waals surface area contributed by atoms with E-state index >= 15 is 0 Å². The number of aliphatic imine (C=N–C) groups is 1. The quantitative estimate of drug-likeness (QED) is 0.257. The third kappa shape index (κ3) is 2.08. The molecule has 0 radical (unpaired) electrons. The van der Waals surface area contributed by atoms with Crippen LogP contribution in [0.15, 0.2) is 23.2 Å². The molecule has 0 atom stereocenters. The van der Waals surface area contributed by atoms with Crippen LogP contribution in [0.4, 0.5) is 17.1 Å². The normalized spacial score (nSPS) is 8.92. The Morgan fingerprint density at radius 2 is 2.31 bits per heavy atom. The van der Waals surface area contributed by atoms with Crippen molar-refractivity contribution >= 4 is 34.4 Å². The van der Waals surface area contributed by atoms with Gasteiger partial charge in [-0.25, -0.2) is 0 Å². The largest absolute Gasteiger partial charge is 0.393 e. The first-order chi connectivity index (χ1) is 6.15. The van der Waals surface area contributed by atoms with Gasteiger partial charge < -0.3 is 5.73 Å². The van der Waals surface area contributed by atoms with E-state index in [1.807, 2.05) is 0 Å². The van der Waals surface area contributed by atoms with E-state index in [-0.39, 0.29) is 11.4 Å². The summed E-state index contributed by atoms with van der Waals surface area (Å²) < 4.78 is 0. The third-order valence-corrected chi connectivity index (χ3v) is 1.48. The summed E-state index contributed by atoms with van der Waals surface area (Å²) in [4.78, 5) is 13.4. The molecule has 66 valence electrons. The zero-order valence-corrected chi connectivity index (χ0v) is 7.25. The van der Waals surface area contributed by atoms with Crippen LogP contribution >= 0.6 is 12.2 Å². The van der Waals surface area contributed by atoms with E-state index in [1.165, 1.54) is 18.2 Å². The summed E-state index contributed by atoms with van der Waals surface area (Å²) in [6.07, 6.45) is 0. The second-order valence-electron chi connectivity index (χ2n) is 2.20. The predicted octanol–water partition coefficient (Wildman–Crippen LogP) is 1.91. The molecule has 2 N–H and O–H groups in total. The lowest BCUT2D eigenvalue weighted by molar-refractivity contribution is -0.383. The molecule has 0 aliphatic rings. The average molecular weight is 195 g/mol. The van der Waals surface area contributed by atoms with Gasteiger partial charge in [0.15, 0.2) is 0 Å². The van der Waals surface area contributed by atoms with Crippen LogP contribution in [0.2, 0.25) is 0 Å². The monoisotopic (exact) mass is 195 g/mol. The van der Waals surface area contributed by atoms with E-state index in [0.717, 1.165) is 0 Å². The van der Waals surface area contributed by atoms with Gasteiger partial charge in [0.25, 0.3) is 5.69 Å². The molecule has 1 rings (SSSR count). The minimum atomic E-state index is -0.572. The van der Waals surface area contributed by atoms with Gasteiger partial charge >= 0.3 is 0 Å². The molecule has 5 nitrogen and oxygen atoms in total. The Hall–Kier alpha value is -1.78. The van der Waals surface area contributed by atoms with Gasteiger partial charge in [0.1, 0.15) is 5.69 Å². The summed E-state index contributed by atoms with van der Waals surface area (Å²) in [5.41, 5.74) is 5.66. The van der Waals surface area contributed by atoms with Crippen molar-refractivity contribution in [2.45, 2.75) is 0 Å². The number of thiocarbonyl (C=S) groups is 1. The fraction of sp³-hybridized carbons (Fsp3) is 0. The van der Waals surface area contributed by atoms with Gasteiger partial charge in [0, 0.05) is 6.07 Å². The van der Waals surface area contributed by atoms with Gasteiger partial charge in [-0.3, -0.25) is 10.1 Å². The second-order valence-corrected chi connectivity index (χ2v) is 2.39. The Labute approximate surface area is 79.0 Å². The van der Waals surface area contributed by atoms with Crippen LogP contribution in [0.25, 0.3) is 0 Å². The molecule has 0 saturated carbocycles. The number of benzene rings is 1. The zero-order valence-electron chi connectivity index (χ0n) is 6.43. The summed E-state index contributed by atoms with van der Waals surface area (Å²) >= 11 is 4.36. The molecule has 0 aromatic heterocycles. The molecule has 0 unspecified atom stereocenters. The minimum Gasteiger partial charge on any atom is -0.393 e. The number of nitro groups is 1.